The first kappa shape index (κ1) is 13.7. The summed E-state index contributed by atoms with van der Waals surface area (Å²) < 4.78 is 0. The molecule has 1 unspecified atom stereocenters. The van der Waals surface area contributed by atoms with Crippen LogP contribution >= 0.6 is 11.3 Å². The molecule has 1 nitrogen and oxygen atoms in total. The van der Waals surface area contributed by atoms with Crippen LogP contribution in [-0.2, 0) is 0 Å². The van der Waals surface area contributed by atoms with E-state index in [1.807, 2.05) is 11.3 Å². The highest BCUT2D eigenvalue weighted by molar-refractivity contribution is 7.10. The summed E-state index contributed by atoms with van der Waals surface area (Å²) in [5.74, 6) is 0. The smallest absolute Gasteiger partial charge is 0.0325 e. The number of rotatable bonds is 8. The van der Waals surface area contributed by atoms with Crippen molar-refractivity contribution < 1.29 is 0 Å². The van der Waals surface area contributed by atoms with E-state index < -0.39 is 0 Å². The van der Waals surface area contributed by atoms with E-state index >= 15 is 0 Å². The molecule has 1 N–H and O–H groups in total. The Balaban J connectivity index is 2.27. The Hall–Kier alpha value is -0.340. The van der Waals surface area contributed by atoms with Gasteiger partial charge in [0.05, 0.1) is 0 Å². The van der Waals surface area contributed by atoms with Crippen molar-refractivity contribution in [1.29, 1.82) is 0 Å². The van der Waals surface area contributed by atoms with Crippen LogP contribution in [0.2, 0.25) is 0 Å². The second-order valence-corrected chi connectivity index (χ2v) is 5.65. The standard InChI is InChI=1S/C14H25NS/c1-4-5-6-7-8-9-14(15-3)13-10-12(2)16-11-13/h10-11,14-15H,4-9H2,1-3H3. The Labute approximate surface area is 104 Å². The van der Waals surface area contributed by atoms with Gasteiger partial charge in [-0.15, -0.1) is 11.3 Å². The molecule has 1 heterocycles. The van der Waals surface area contributed by atoms with Gasteiger partial charge in [0.15, 0.2) is 0 Å². The fraction of sp³-hybridized carbons (Fsp3) is 0.714. The summed E-state index contributed by atoms with van der Waals surface area (Å²) in [5.41, 5.74) is 1.47. The largest absolute Gasteiger partial charge is 0.313 e. The fourth-order valence-corrected chi connectivity index (χ4v) is 2.83. The van der Waals surface area contributed by atoms with E-state index in [0.717, 1.165) is 0 Å². The number of hydrogen-bond donors (Lipinski definition) is 1. The van der Waals surface area contributed by atoms with Crippen LogP contribution in [0.25, 0.3) is 0 Å². The molecule has 0 aliphatic heterocycles. The molecule has 0 bridgehead atoms. The molecule has 0 fully saturated rings. The highest BCUT2D eigenvalue weighted by Crippen LogP contribution is 2.24. The van der Waals surface area contributed by atoms with Crippen molar-refractivity contribution in [3.63, 3.8) is 0 Å². The third-order valence-corrected chi connectivity index (χ3v) is 3.98. The molecule has 1 aromatic heterocycles. The second-order valence-electron chi connectivity index (χ2n) is 4.53. The zero-order valence-corrected chi connectivity index (χ0v) is 11.7. The highest BCUT2D eigenvalue weighted by Gasteiger charge is 2.09. The van der Waals surface area contributed by atoms with Gasteiger partial charge in [0, 0.05) is 10.9 Å². The van der Waals surface area contributed by atoms with E-state index in [1.54, 1.807) is 0 Å². The maximum atomic E-state index is 3.43. The van der Waals surface area contributed by atoms with Crippen LogP contribution in [0.1, 0.15) is 61.9 Å². The third kappa shape index (κ3) is 4.67. The van der Waals surface area contributed by atoms with Crippen LogP contribution in [-0.4, -0.2) is 7.05 Å². The van der Waals surface area contributed by atoms with Crippen LogP contribution in [0.3, 0.4) is 0 Å². The van der Waals surface area contributed by atoms with Gasteiger partial charge >= 0.3 is 0 Å². The molecule has 0 aromatic carbocycles. The Bertz CT molecular complexity index is 280. The van der Waals surface area contributed by atoms with Gasteiger partial charge < -0.3 is 5.32 Å². The minimum Gasteiger partial charge on any atom is -0.313 e. The van der Waals surface area contributed by atoms with Crippen molar-refractivity contribution >= 4 is 11.3 Å². The van der Waals surface area contributed by atoms with Gasteiger partial charge in [-0.2, -0.15) is 0 Å². The molecular formula is C14H25NS. The van der Waals surface area contributed by atoms with E-state index in [1.165, 1.54) is 49.0 Å². The molecule has 0 amide bonds. The molecule has 2 heteroatoms. The summed E-state index contributed by atoms with van der Waals surface area (Å²) >= 11 is 1.86. The second kappa shape index (κ2) is 7.86. The van der Waals surface area contributed by atoms with Gasteiger partial charge in [0.25, 0.3) is 0 Å². The number of thiophene rings is 1. The summed E-state index contributed by atoms with van der Waals surface area (Å²) in [6.45, 7) is 4.45. The van der Waals surface area contributed by atoms with Crippen LogP contribution in [0.4, 0.5) is 0 Å². The van der Waals surface area contributed by atoms with Crippen molar-refractivity contribution in [3.8, 4) is 0 Å². The lowest BCUT2D eigenvalue weighted by Gasteiger charge is -2.14. The van der Waals surface area contributed by atoms with Gasteiger partial charge in [0.2, 0.25) is 0 Å². The first-order valence-corrected chi connectivity index (χ1v) is 7.38. The quantitative estimate of drug-likeness (QED) is 0.650. The molecule has 0 saturated heterocycles. The maximum Gasteiger partial charge on any atom is 0.0325 e. The summed E-state index contributed by atoms with van der Waals surface area (Å²) in [5, 5.41) is 5.72. The first-order valence-electron chi connectivity index (χ1n) is 6.50. The normalized spacial score (nSPS) is 12.9. The SMILES string of the molecule is CCCCCCCC(NC)c1csc(C)c1. The van der Waals surface area contributed by atoms with Crippen molar-refractivity contribution in [2.45, 2.75) is 58.4 Å². The lowest BCUT2D eigenvalue weighted by atomic mass is 10.0. The van der Waals surface area contributed by atoms with E-state index in [4.69, 9.17) is 0 Å². The van der Waals surface area contributed by atoms with Crippen LogP contribution in [0.15, 0.2) is 11.4 Å². The number of hydrogen-bond acceptors (Lipinski definition) is 2. The topological polar surface area (TPSA) is 12.0 Å². The van der Waals surface area contributed by atoms with E-state index in [-0.39, 0.29) is 0 Å². The average molecular weight is 239 g/mol. The van der Waals surface area contributed by atoms with E-state index in [2.05, 4.69) is 37.7 Å². The maximum absolute atomic E-state index is 3.43. The van der Waals surface area contributed by atoms with Gasteiger partial charge in [0.1, 0.15) is 0 Å². The summed E-state index contributed by atoms with van der Waals surface area (Å²) in [6, 6.07) is 2.88. The molecule has 0 saturated carbocycles. The van der Waals surface area contributed by atoms with Crippen LogP contribution in [0.5, 0.6) is 0 Å². The Kier molecular flexibility index (Phi) is 6.74. The summed E-state index contributed by atoms with van der Waals surface area (Å²) in [6.07, 6.45) is 8.13. The van der Waals surface area contributed by atoms with Crippen molar-refractivity contribution in [1.82, 2.24) is 5.32 Å². The zero-order chi connectivity index (χ0) is 11.8. The summed E-state index contributed by atoms with van der Waals surface area (Å²) in [4.78, 5) is 1.42. The molecule has 0 spiro atoms. The molecule has 0 radical (unpaired) electrons. The summed E-state index contributed by atoms with van der Waals surface area (Å²) in [7, 11) is 2.07. The number of unbranched alkanes of at least 4 members (excludes halogenated alkanes) is 4. The predicted molar refractivity (Wildman–Crippen MR) is 74.2 cm³/mol. The minimum absolute atomic E-state index is 0.562. The Morgan fingerprint density at radius 3 is 2.56 bits per heavy atom. The lowest BCUT2D eigenvalue weighted by molar-refractivity contribution is 0.502. The molecular weight excluding hydrogens is 214 g/mol. The molecule has 0 aliphatic rings. The minimum atomic E-state index is 0.562. The predicted octanol–water partition coefficient (Wildman–Crippen LogP) is 4.68. The van der Waals surface area contributed by atoms with Crippen molar-refractivity contribution in [3.05, 3.63) is 21.9 Å². The monoisotopic (exact) mass is 239 g/mol. The van der Waals surface area contributed by atoms with Crippen LogP contribution in [0, 0.1) is 6.92 Å². The lowest BCUT2D eigenvalue weighted by Crippen LogP contribution is -2.15. The van der Waals surface area contributed by atoms with Gasteiger partial charge in [-0.1, -0.05) is 39.0 Å². The third-order valence-electron chi connectivity index (χ3n) is 3.10. The number of nitrogens with one attached hydrogen (secondary N) is 1. The van der Waals surface area contributed by atoms with Crippen LogP contribution < -0.4 is 5.32 Å². The van der Waals surface area contributed by atoms with E-state index in [0.29, 0.717) is 6.04 Å². The molecule has 1 atom stereocenters. The van der Waals surface area contributed by atoms with Crippen molar-refractivity contribution in [2.75, 3.05) is 7.05 Å². The molecule has 1 rings (SSSR count). The number of aryl methyl sites for hydroxylation is 1. The van der Waals surface area contributed by atoms with Crippen molar-refractivity contribution in [2.24, 2.45) is 0 Å². The van der Waals surface area contributed by atoms with E-state index in [9.17, 15) is 0 Å². The fourth-order valence-electron chi connectivity index (χ4n) is 2.08. The Morgan fingerprint density at radius 1 is 1.25 bits per heavy atom. The highest BCUT2D eigenvalue weighted by atomic mass is 32.1. The van der Waals surface area contributed by atoms with Gasteiger partial charge in [-0.05, 0) is 37.4 Å². The zero-order valence-electron chi connectivity index (χ0n) is 10.9. The van der Waals surface area contributed by atoms with Gasteiger partial charge in [-0.25, -0.2) is 0 Å². The first-order chi connectivity index (χ1) is 7.77. The average Bonchev–Trinajstić information content (AvgIpc) is 2.70. The molecule has 0 aliphatic carbocycles. The van der Waals surface area contributed by atoms with Gasteiger partial charge in [-0.3, -0.25) is 0 Å². The molecule has 1 aromatic rings. The molecule has 16 heavy (non-hydrogen) atoms. The molecule has 92 valence electrons. The Morgan fingerprint density at radius 2 is 2.00 bits per heavy atom.